The molecule has 1 fully saturated rings. The highest BCUT2D eigenvalue weighted by Crippen LogP contribution is 2.31. The highest BCUT2D eigenvalue weighted by Gasteiger charge is 2.26. The van der Waals surface area contributed by atoms with Crippen molar-refractivity contribution >= 4 is 22.5 Å². The molecule has 0 aliphatic heterocycles. The minimum Gasteiger partial charge on any atom is -0.391 e. The molecule has 0 unspecified atom stereocenters. The van der Waals surface area contributed by atoms with Crippen LogP contribution in [0.2, 0.25) is 5.02 Å². The molecule has 1 aromatic carbocycles. The zero-order valence-electron chi connectivity index (χ0n) is 16.8. The van der Waals surface area contributed by atoms with Gasteiger partial charge in [0, 0.05) is 28.5 Å². The van der Waals surface area contributed by atoms with Crippen LogP contribution in [0.1, 0.15) is 31.7 Å². The number of benzene rings is 1. The molecular formula is C24H21ClN4O2. The normalized spacial score (nSPS) is 18.9. The average molecular weight is 433 g/mol. The van der Waals surface area contributed by atoms with Gasteiger partial charge in [0.1, 0.15) is 5.52 Å². The largest absolute Gasteiger partial charge is 0.391 e. The Hall–Kier alpha value is -3.09. The first-order valence-electron chi connectivity index (χ1n) is 10.4. The summed E-state index contributed by atoms with van der Waals surface area (Å²) in [5.74, 6) is 0. The van der Waals surface area contributed by atoms with Crippen molar-refractivity contribution in [3.63, 3.8) is 0 Å². The fourth-order valence-electron chi connectivity index (χ4n) is 4.27. The van der Waals surface area contributed by atoms with Gasteiger partial charge in [-0.3, -0.25) is 14.3 Å². The second kappa shape index (κ2) is 8.21. The van der Waals surface area contributed by atoms with Crippen LogP contribution < -0.4 is 5.56 Å². The number of nitrogens with zero attached hydrogens (tertiary/aromatic N) is 4. The van der Waals surface area contributed by atoms with Crippen LogP contribution in [0.5, 0.6) is 0 Å². The van der Waals surface area contributed by atoms with E-state index in [2.05, 4.69) is 9.97 Å². The van der Waals surface area contributed by atoms with E-state index in [9.17, 15) is 9.90 Å². The van der Waals surface area contributed by atoms with E-state index in [0.29, 0.717) is 33.7 Å². The molecule has 1 saturated carbocycles. The molecule has 7 heteroatoms. The molecule has 5 rings (SSSR count). The maximum atomic E-state index is 13.5. The Morgan fingerprint density at radius 2 is 1.87 bits per heavy atom. The fraction of sp³-hybridized carbons (Fsp3) is 0.250. The molecule has 3 heterocycles. The van der Waals surface area contributed by atoms with Gasteiger partial charge in [0.2, 0.25) is 0 Å². The van der Waals surface area contributed by atoms with Crippen LogP contribution in [0.3, 0.4) is 0 Å². The molecule has 4 aromatic rings. The Bertz CT molecular complexity index is 1290. The highest BCUT2D eigenvalue weighted by atomic mass is 35.5. The van der Waals surface area contributed by atoms with Crippen molar-refractivity contribution in [1.82, 2.24) is 19.5 Å². The second-order valence-electron chi connectivity index (χ2n) is 7.88. The Morgan fingerprint density at radius 3 is 2.61 bits per heavy atom. The minimum absolute atomic E-state index is 0.168. The van der Waals surface area contributed by atoms with Crippen molar-refractivity contribution in [3.8, 4) is 22.5 Å². The maximum absolute atomic E-state index is 13.5. The number of aliphatic hydroxyl groups is 1. The van der Waals surface area contributed by atoms with Crippen LogP contribution in [0.4, 0.5) is 0 Å². The Balaban J connectivity index is 1.76. The van der Waals surface area contributed by atoms with E-state index >= 15 is 0 Å². The lowest BCUT2D eigenvalue weighted by atomic mass is 9.92. The highest BCUT2D eigenvalue weighted by molar-refractivity contribution is 6.30. The molecule has 0 saturated heterocycles. The van der Waals surface area contributed by atoms with Crippen molar-refractivity contribution in [1.29, 1.82) is 0 Å². The monoisotopic (exact) mass is 432 g/mol. The number of aliphatic hydroxyl groups excluding tert-OH is 1. The van der Waals surface area contributed by atoms with E-state index in [1.165, 1.54) is 0 Å². The molecule has 1 aliphatic rings. The predicted octanol–water partition coefficient (Wildman–Crippen LogP) is 4.65. The maximum Gasteiger partial charge on any atom is 0.261 e. The van der Waals surface area contributed by atoms with E-state index in [1.54, 1.807) is 41.5 Å². The molecular weight excluding hydrogens is 412 g/mol. The van der Waals surface area contributed by atoms with Crippen molar-refractivity contribution in [2.75, 3.05) is 0 Å². The van der Waals surface area contributed by atoms with Gasteiger partial charge in [-0.1, -0.05) is 36.6 Å². The van der Waals surface area contributed by atoms with Crippen molar-refractivity contribution in [3.05, 3.63) is 76.6 Å². The second-order valence-corrected chi connectivity index (χ2v) is 8.31. The van der Waals surface area contributed by atoms with E-state index in [-0.39, 0.29) is 11.6 Å². The summed E-state index contributed by atoms with van der Waals surface area (Å²) in [6, 6.07) is 12.6. The molecule has 1 N–H and O–H groups in total. The predicted molar refractivity (Wildman–Crippen MR) is 121 cm³/mol. The summed E-state index contributed by atoms with van der Waals surface area (Å²) in [5, 5.41) is 11.6. The molecule has 3 aromatic heterocycles. The van der Waals surface area contributed by atoms with Gasteiger partial charge in [0.15, 0.2) is 0 Å². The number of fused-ring (bicyclic) bond motifs is 1. The van der Waals surface area contributed by atoms with E-state index < -0.39 is 6.10 Å². The molecule has 0 spiro atoms. The molecule has 0 bridgehead atoms. The lowest BCUT2D eigenvalue weighted by Gasteiger charge is -2.29. The number of halogens is 1. The van der Waals surface area contributed by atoms with Crippen LogP contribution in [0.15, 0.2) is 66.0 Å². The Kier molecular flexibility index (Phi) is 5.26. The summed E-state index contributed by atoms with van der Waals surface area (Å²) in [6.07, 6.45) is 7.84. The number of hydrogen-bond donors (Lipinski definition) is 1. The van der Waals surface area contributed by atoms with Gasteiger partial charge in [-0.25, -0.2) is 9.97 Å². The molecule has 0 amide bonds. The topological polar surface area (TPSA) is 80.9 Å². The first kappa shape index (κ1) is 19.8. The minimum atomic E-state index is -0.541. The van der Waals surface area contributed by atoms with Crippen molar-refractivity contribution in [2.45, 2.75) is 37.8 Å². The van der Waals surface area contributed by atoms with Gasteiger partial charge in [0.05, 0.1) is 35.2 Å². The summed E-state index contributed by atoms with van der Waals surface area (Å²) in [5.41, 5.74) is 3.25. The van der Waals surface area contributed by atoms with E-state index in [4.69, 9.17) is 16.6 Å². The van der Waals surface area contributed by atoms with Gasteiger partial charge in [-0.05, 0) is 43.2 Å². The third kappa shape index (κ3) is 3.73. The number of hydrogen-bond acceptors (Lipinski definition) is 5. The summed E-state index contributed by atoms with van der Waals surface area (Å²) in [7, 11) is 0. The van der Waals surface area contributed by atoms with Gasteiger partial charge < -0.3 is 5.11 Å². The standard InChI is InChI=1S/C24H21ClN4O2/c25-17-9-7-15(8-10-17)19-12-18-23(22(28-19)16-4-3-11-26-13-16)27-14-29(24(18)31)20-5-1-2-6-21(20)30/h3-4,7-14,20-21,30H,1-2,5-6H2/t20-,21+/m0/s1. The summed E-state index contributed by atoms with van der Waals surface area (Å²) >= 11 is 6.05. The molecule has 6 nitrogen and oxygen atoms in total. The quantitative estimate of drug-likeness (QED) is 0.509. The van der Waals surface area contributed by atoms with Gasteiger partial charge in [-0.2, -0.15) is 0 Å². The Labute approximate surface area is 184 Å². The van der Waals surface area contributed by atoms with E-state index in [0.717, 1.165) is 30.4 Å². The Morgan fingerprint density at radius 1 is 1.06 bits per heavy atom. The van der Waals surface area contributed by atoms with Gasteiger partial charge in [-0.15, -0.1) is 0 Å². The van der Waals surface area contributed by atoms with Crippen molar-refractivity contribution in [2.24, 2.45) is 0 Å². The smallest absolute Gasteiger partial charge is 0.261 e. The zero-order chi connectivity index (χ0) is 21.4. The number of pyridine rings is 2. The summed E-state index contributed by atoms with van der Waals surface area (Å²) in [4.78, 5) is 27.2. The fourth-order valence-corrected chi connectivity index (χ4v) is 4.39. The molecule has 2 atom stereocenters. The third-order valence-corrected chi connectivity index (χ3v) is 6.15. The molecule has 1 aliphatic carbocycles. The lowest BCUT2D eigenvalue weighted by molar-refractivity contribution is 0.0735. The molecule has 31 heavy (non-hydrogen) atoms. The number of rotatable bonds is 3. The lowest BCUT2D eigenvalue weighted by Crippen LogP contribution is -2.34. The van der Waals surface area contributed by atoms with Crippen LogP contribution in [0.25, 0.3) is 33.4 Å². The van der Waals surface area contributed by atoms with Crippen LogP contribution in [0, 0.1) is 0 Å². The SMILES string of the molecule is O=c1c2cc(-c3ccc(Cl)cc3)nc(-c3cccnc3)c2ncn1[C@H]1CCCC[C@H]1O. The first-order valence-corrected chi connectivity index (χ1v) is 10.8. The van der Waals surface area contributed by atoms with Crippen molar-refractivity contribution < 1.29 is 5.11 Å². The third-order valence-electron chi connectivity index (χ3n) is 5.90. The average Bonchev–Trinajstić information content (AvgIpc) is 2.81. The summed E-state index contributed by atoms with van der Waals surface area (Å²) in [6.45, 7) is 0. The summed E-state index contributed by atoms with van der Waals surface area (Å²) < 4.78 is 1.59. The number of aromatic nitrogens is 4. The zero-order valence-corrected chi connectivity index (χ0v) is 17.5. The van der Waals surface area contributed by atoms with Gasteiger partial charge >= 0.3 is 0 Å². The molecule has 0 radical (unpaired) electrons. The van der Waals surface area contributed by atoms with Crippen LogP contribution >= 0.6 is 11.6 Å². The first-order chi connectivity index (χ1) is 15.1. The van der Waals surface area contributed by atoms with Crippen LogP contribution in [-0.4, -0.2) is 30.7 Å². The van der Waals surface area contributed by atoms with E-state index in [1.807, 2.05) is 24.3 Å². The molecule has 156 valence electrons. The van der Waals surface area contributed by atoms with Gasteiger partial charge in [0.25, 0.3) is 5.56 Å². The van der Waals surface area contributed by atoms with Crippen LogP contribution in [-0.2, 0) is 0 Å².